The normalized spacial score (nSPS) is 13.4. The number of nitrogens with zero attached hydrogens (tertiary/aromatic N) is 3. The van der Waals surface area contributed by atoms with E-state index in [2.05, 4.69) is 20.4 Å². The van der Waals surface area contributed by atoms with Gasteiger partial charge in [-0.05, 0) is 49.4 Å². The molecule has 1 N–H and O–H groups in total. The van der Waals surface area contributed by atoms with Gasteiger partial charge in [0.15, 0.2) is 0 Å². The molecule has 0 fully saturated rings. The van der Waals surface area contributed by atoms with Gasteiger partial charge in [-0.2, -0.15) is 4.98 Å². The molecular weight excluding hydrogens is 336 g/mol. The molecule has 128 valence electrons. The van der Waals surface area contributed by atoms with Gasteiger partial charge in [-0.15, -0.1) is 11.3 Å². The number of hydrogen-bond donors (Lipinski definition) is 1. The molecule has 1 aliphatic carbocycles. The van der Waals surface area contributed by atoms with E-state index in [1.165, 1.54) is 23.3 Å². The Morgan fingerprint density at radius 2 is 2.24 bits per heavy atom. The maximum atomic E-state index is 12.3. The van der Waals surface area contributed by atoms with Crippen LogP contribution in [0.4, 0.5) is 0 Å². The Hall–Kier alpha value is -2.54. The molecule has 25 heavy (non-hydrogen) atoms. The number of nitrogens with one attached hydrogen (secondary N) is 1. The fourth-order valence-electron chi connectivity index (χ4n) is 2.94. The van der Waals surface area contributed by atoms with E-state index < -0.39 is 0 Å². The van der Waals surface area contributed by atoms with Crippen molar-refractivity contribution < 1.29 is 9.32 Å². The smallest absolute Gasteiger partial charge is 0.261 e. The van der Waals surface area contributed by atoms with Crippen LogP contribution >= 0.6 is 11.3 Å². The fourth-order valence-corrected chi connectivity index (χ4v) is 4.11. The number of fused-ring (bicyclic) bond motifs is 1. The monoisotopic (exact) mass is 354 g/mol. The number of aromatic nitrogens is 3. The second-order valence-electron chi connectivity index (χ2n) is 6.03. The van der Waals surface area contributed by atoms with Crippen molar-refractivity contribution in [1.29, 1.82) is 0 Å². The van der Waals surface area contributed by atoms with E-state index >= 15 is 0 Å². The van der Waals surface area contributed by atoms with Crippen LogP contribution in [0.1, 0.15) is 38.8 Å². The molecule has 0 aromatic carbocycles. The number of hydrogen-bond acceptors (Lipinski definition) is 6. The van der Waals surface area contributed by atoms with Gasteiger partial charge in [0.25, 0.3) is 5.91 Å². The molecule has 0 saturated heterocycles. The lowest BCUT2D eigenvalue weighted by Crippen LogP contribution is -2.24. The van der Waals surface area contributed by atoms with Crippen molar-refractivity contribution in [3.63, 3.8) is 0 Å². The molecule has 3 aromatic heterocycles. The van der Waals surface area contributed by atoms with Crippen LogP contribution in [0.3, 0.4) is 0 Å². The van der Waals surface area contributed by atoms with Gasteiger partial charge in [0.05, 0.1) is 4.88 Å². The number of rotatable bonds is 5. The van der Waals surface area contributed by atoms with E-state index in [0.29, 0.717) is 24.7 Å². The summed E-state index contributed by atoms with van der Waals surface area (Å²) < 4.78 is 5.24. The molecule has 1 aliphatic rings. The zero-order valence-electron chi connectivity index (χ0n) is 13.7. The van der Waals surface area contributed by atoms with Gasteiger partial charge in [-0.25, -0.2) is 0 Å². The SMILES string of the molecule is O=C(NCCc1nc(-c2cccnc2)no1)c1cc2c(s1)CCCC2. The average Bonchev–Trinajstić information content (AvgIpc) is 3.29. The third-order valence-corrected chi connectivity index (χ3v) is 5.47. The summed E-state index contributed by atoms with van der Waals surface area (Å²) in [7, 11) is 0. The predicted octanol–water partition coefficient (Wildman–Crippen LogP) is 3.04. The Morgan fingerprint density at radius 3 is 3.08 bits per heavy atom. The highest BCUT2D eigenvalue weighted by Gasteiger charge is 2.17. The number of carbonyl (C=O) groups excluding carboxylic acids is 1. The Bertz CT molecular complexity index is 849. The Kier molecular flexibility index (Phi) is 4.56. The van der Waals surface area contributed by atoms with E-state index in [4.69, 9.17) is 4.52 Å². The molecule has 0 bridgehead atoms. The van der Waals surface area contributed by atoms with Crippen molar-refractivity contribution in [2.24, 2.45) is 0 Å². The third kappa shape index (κ3) is 3.61. The molecule has 3 aromatic rings. The summed E-state index contributed by atoms with van der Waals surface area (Å²) in [5.74, 6) is 0.997. The molecule has 3 heterocycles. The van der Waals surface area contributed by atoms with Crippen LogP contribution in [0.5, 0.6) is 0 Å². The second kappa shape index (κ2) is 7.14. The molecule has 0 saturated carbocycles. The van der Waals surface area contributed by atoms with Crippen LogP contribution in [-0.2, 0) is 19.3 Å². The van der Waals surface area contributed by atoms with Crippen molar-refractivity contribution in [1.82, 2.24) is 20.4 Å². The summed E-state index contributed by atoms with van der Waals surface area (Å²) in [6.45, 7) is 0.468. The quantitative estimate of drug-likeness (QED) is 0.762. The average molecular weight is 354 g/mol. The van der Waals surface area contributed by atoms with E-state index in [1.54, 1.807) is 23.7 Å². The summed E-state index contributed by atoms with van der Waals surface area (Å²) >= 11 is 1.62. The molecule has 0 aliphatic heterocycles. The largest absolute Gasteiger partial charge is 0.351 e. The van der Waals surface area contributed by atoms with Gasteiger partial charge in [-0.1, -0.05) is 5.16 Å². The van der Waals surface area contributed by atoms with E-state index in [-0.39, 0.29) is 5.91 Å². The fraction of sp³-hybridized carbons (Fsp3) is 0.333. The van der Waals surface area contributed by atoms with Crippen molar-refractivity contribution in [3.05, 3.63) is 51.8 Å². The first-order valence-electron chi connectivity index (χ1n) is 8.42. The van der Waals surface area contributed by atoms with E-state index in [9.17, 15) is 4.79 Å². The van der Waals surface area contributed by atoms with Gasteiger partial charge in [0.1, 0.15) is 0 Å². The number of pyridine rings is 1. The van der Waals surface area contributed by atoms with Gasteiger partial charge in [-0.3, -0.25) is 9.78 Å². The Labute approximate surface area is 149 Å². The first-order chi connectivity index (χ1) is 12.3. The zero-order valence-corrected chi connectivity index (χ0v) is 14.5. The summed E-state index contributed by atoms with van der Waals surface area (Å²) in [5.41, 5.74) is 2.16. The summed E-state index contributed by atoms with van der Waals surface area (Å²) in [4.78, 5) is 22.8. The molecule has 7 heteroatoms. The van der Waals surface area contributed by atoms with Crippen molar-refractivity contribution in [3.8, 4) is 11.4 Å². The standard InChI is InChI=1S/C18H18N4O2S/c23-18(15-10-12-4-1-2-6-14(12)25-15)20-9-7-16-21-17(22-24-16)13-5-3-8-19-11-13/h3,5,8,10-11H,1-2,4,6-7,9H2,(H,20,23). The lowest BCUT2D eigenvalue weighted by molar-refractivity contribution is 0.0957. The van der Waals surface area contributed by atoms with Crippen LogP contribution in [0.25, 0.3) is 11.4 Å². The zero-order chi connectivity index (χ0) is 17.1. The Balaban J connectivity index is 1.32. The van der Waals surface area contributed by atoms with E-state index in [0.717, 1.165) is 23.3 Å². The van der Waals surface area contributed by atoms with Crippen LogP contribution in [0.2, 0.25) is 0 Å². The molecule has 0 atom stereocenters. The minimum absolute atomic E-state index is 0.0219. The predicted molar refractivity (Wildman–Crippen MR) is 94.5 cm³/mol. The van der Waals surface area contributed by atoms with Crippen LogP contribution < -0.4 is 5.32 Å². The lowest BCUT2D eigenvalue weighted by Gasteiger charge is -2.08. The number of thiophene rings is 1. The van der Waals surface area contributed by atoms with Gasteiger partial charge in [0, 0.05) is 35.8 Å². The number of aryl methyl sites for hydroxylation is 2. The first-order valence-corrected chi connectivity index (χ1v) is 9.24. The number of carbonyl (C=O) groups is 1. The first kappa shape index (κ1) is 16.0. The summed E-state index contributed by atoms with van der Waals surface area (Å²) in [6.07, 6.45) is 8.54. The minimum atomic E-state index is -0.0219. The summed E-state index contributed by atoms with van der Waals surface area (Å²) in [6, 6.07) is 5.75. The maximum Gasteiger partial charge on any atom is 0.261 e. The summed E-state index contributed by atoms with van der Waals surface area (Å²) in [5, 5.41) is 6.89. The van der Waals surface area contributed by atoms with Crippen molar-refractivity contribution in [2.75, 3.05) is 6.54 Å². The molecule has 0 unspecified atom stereocenters. The highest BCUT2D eigenvalue weighted by molar-refractivity contribution is 7.14. The van der Waals surface area contributed by atoms with Gasteiger partial charge >= 0.3 is 0 Å². The van der Waals surface area contributed by atoms with Gasteiger partial charge in [0.2, 0.25) is 11.7 Å². The van der Waals surface area contributed by atoms with Gasteiger partial charge < -0.3 is 9.84 Å². The lowest BCUT2D eigenvalue weighted by atomic mass is 9.99. The van der Waals surface area contributed by atoms with Crippen molar-refractivity contribution in [2.45, 2.75) is 32.1 Å². The molecule has 4 rings (SSSR count). The second-order valence-corrected chi connectivity index (χ2v) is 7.16. The molecule has 6 nitrogen and oxygen atoms in total. The highest BCUT2D eigenvalue weighted by atomic mass is 32.1. The highest BCUT2D eigenvalue weighted by Crippen LogP contribution is 2.29. The molecular formula is C18H18N4O2S. The van der Waals surface area contributed by atoms with Crippen LogP contribution in [0.15, 0.2) is 35.1 Å². The van der Waals surface area contributed by atoms with Crippen LogP contribution in [-0.4, -0.2) is 27.6 Å². The molecule has 1 amide bonds. The topological polar surface area (TPSA) is 80.9 Å². The van der Waals surface area contributed by atoms with Crippen molar-refractivity contribution >= 4 is 17.2 Å². The van der Waals surface area contributed by atoms with Crippen LogP contribution in [0, 0.1) is 0 Å². The molecule has 0 radical (unpaired) electrons. The maximum absolute atomic E-state index is 12.3. The van der Waals surface area contributed by atoms with E-state index in [1.807, 2.05) is 18.2 Å². The third-order valence-electron chi connectivity index (χ3n) is 4.23. The Morgan fingerprint density at radius 1 is 1.32 bits per heavy atom. The number of amides is 1. The minimum Gasteiger partial charge on any atom is -0.351 e. The molecule has 0 spiro atoms.